The van der Waals surface area contributed by atoms with Crippen molar-refractivity contribution in [2.24, 2.45) is 0 Å². The monoisotopic (exact) mass is 306 g/mol. The number of rotatable bonds is 5. The maximum atomic E-state index is 11.8. The van der Waals surface area contributed by atoms with Crippen LogP contribution in [0.1, 0.15) is 0 Å². The highest BCUT2D eigenvalue weighted by Gasteiger charge is 2.06. The summed E-state index contributed by atoms with van der Waals surface area (Å²) in [6.07, 6.45) is 6.47. The first-order chi connectivity index (χ1) is 11.3. The lowest BCUT2D eigenvalue weighted by Crippen LogP contribution is -2.20. The van der Waals surface area contributed by atoms with E-state index >= 15 is 0 Å². The van der Waals surface area contributed by atoms with E-state index in [0.29, 0.717) is 17.3 Å². The number of hydrogen-bond acceptors (Lipinski definition) is 5. The summed E-state index contributed by atoms with van der Waals surface area (Å²) in [6, 6.07) is 12.8. The van der Waals surface area contributed by atoms with Gasteiger partial charge in [-0.25, -0.2) is 9.97 Å². The van der Waals surface area contributed by atoms with Gasteiger partial charge in [0, 0.05) is 18.0 Å². The van der Waals surface area contributed by atoms with Gasteiger partial charge in [-0.05, 0) is 24.3 Å². The summed E-state index contributed by atoms with van der Waals surface area (Å²) in [5, 5.41) is 2.69. The predicted molar refractivity (Wildman–Crippen MR) is 85.8 cm³/mol. The number of aromatic nitrogens is 3. The number of pyridine rings is 1. The van der Waals surface area contributed by atoms with Gasteiger partial charge in [-0.3, -0.25) is 9.78 Å². The van der Waals surface area contributed by atoms with E-state index in [1.165, 1.54) is 0 Å². The highest BCUT2D eigenvalue weighted by molar-refractivity contribution is 5.91. The standard InChI is InChI=1S/C17H14N4O2/c22-16(12-23-15-6-2-1-3-7-15)21-14-10-19-17(20-11-14)13-5-4-8-18-9-13/h1-11H,12H2,(H,21,22). The van der Waals surface area contributed by atoms with Crippen molar-refractivity contribution < 1.29 is 9.53 Å². The molecule has 114 valence electrons. The lowest BCUT2D eigenvalue weighted by molar-refractivity contribution is -0.118. The molecule has 1 aromatic carbocycles. The van der Waals surface area contributed by atoms with Gasteiger partial charge in [0.15, 0.2) is 12.4 Å². The zero-order chi connectivity index (χ0) is 15.9. The number of benzene rings is 1. The third-order valence-electron chi connectivity index (χ3n) is 2.97. The van der Waals surface area contributed by atoms with Crippen molar-refractivity contribution in [1.29, 1.82) is 0 Å². The van der Waals surface area contributed by atoms with Gasteiger partial charge in [0.1, 0.15) is 5.75 Å². The van der Waals surface area contributed by atoms with Gasteiger partial charge in [-0.2, -0.15) is 0 Å². The lowest BCUT2D eigenvalue weighted by Gasteiger charge is -2.07. The molecule has 0 fully saturated rings. The van der Waals surface area contributed by atoms with Gasteiger partial charge in [0.25, 0.3) is 5.91 Å². The molecule has 0 spiro atoms. The minimum atomic E-state index is -0.272. The lowest BCUT2D eigenvalue weighted by atomic mass is 10.3. The number of carbonyl (C=O) groups is 1. The van der Waals surface area contributed by atoms with Crippen LogP contribution in [0.4, 0.5) is 5.69 Å². The van der Waals surface area contributed by atoms with Crippen LogP contribution in [0.3, 0.4) is 0 Å². The van der Waals surface area contributed by atoms with Crippen molar-refractivity contribution in [2.45, 2.75) is 0 Å². The molecule has 1 N–H and O–H groups in total. The molecule has 0 unspecified atom stereocenters. The van der Waals surface area contributed by atoms with Gasteiger partial charge in [0.2, 0.25) is 0 Å². The van der Waals surface area contributed by atoms with E-state index in [-0.39, 0.29) is 12.5 Å². The highest BCUT2D eigenvalue weighted by Crippen LogP contribution is 2.14. The van der Waals surface area contributed by atoms with Crippen LogP contribution < -0.4 is 10.1 Å². The molecule has 2 aromatic heterocycles. The second-order valence-corrected chi connectivity index (χ2v) is 4.69. The maximum Gasteiger partial charge on any atom is 0.262 e. The molecule has 6 nitrogen and oxygen atoms in total. The quantitative estimate of drug-likeness (QED) is 0.784. The third-order valence-corrected chi connectivity index (χ3v) is 2.97. The molecule has 3 aromatic rings. The fraction of sp³-hybridized carbons (Fsp3) is 0.0588. The van der Waals surface area contributed by atoms with E-state index in [4.69, 9.17) is 4.74 Å². The molecule has 0 aliphatic rings. The Hall–Kier alpha value is -3.28. The average molecular weight is 306 g/mol. The molecule has 2 heterocycles. The number of anilines is 1. The van der Waals surface area contributed by atoms with Gasteiger partial charge in [0.05, 0.1) is 18.1 Å². The van der Waals surface area contributed by atoms with Gasteiger partial charge in [-0.1, -0.05) is 18.2 Å². The molecule has 0 aliphatic carbocycles. The molecule has 0 atom stereocenters. The molecule has 6 heteroatoms. The van der Waals surface area contributed by atoms with Gasteiger partial charge < -0.3 is 10.1 Å². The summed E-state index contributed by atoms with van der Waals surface area (Å²) in [5.74, 6) is 0.925. The Kier molecular flexibility index (Phi) is 4.54. The zero-order valence-corrected chi connectivity index (χ0v) is 12.2. The number of amides is 1. The molecule has 0 saturated carbocycles. The molecule has 0 radical (unpaired) electrons. The normalized spacial score (nSPS) is 10.1. The van der Waals surface area contributed by atoms with E-state index < -0.39 is 0 Å². The second-order valence-electron chi connectivity index (χ2n) is 4.69. The summed E-state index contributed by atoms with van der Waals surface area (Å²) in [5.41, 5.74) is 1.33. The fourth-order valence-corrected chi connectivity index (χ4v) is 1.90. The highest BCUT2D eigenvalue weighted by atomic mass is 16.5. The number of hydrogen-bond donors (Lipinski definition) is 1. The van der Waals surface area contributed by atoms with Crippen molar-refractivity contribution in [1.82, 2.24) is 15.0 Å². The minimum Gasteiger partial charge on any atom is -0.484 e. The van der Waals surface area contributed by atoms with E-state index in [1.54, 1.807) is 36.9 Å². The Morgan fingerprint density at radius 1 is 1.00 bits per heavy atom. The van der Waals surface area contributed by atoms with Crippen LogP contribution in [0.25, 0.3) is 11.4 Å². The SMILES string of the molecule is O=C(COc1ccccc1)Nc1cnc(-c2cccnc2)nc1. The van der Waals surface area contributed by atoms with E-state index in [2.05, 4.69) is 20.3 Å². The van der Waals surface area contributed by atoms with Gasteiger partial charge >= 0.3 is 0 Å². The van der Waals surface area contributed by atoms with Crippen LogP contribution in [0, 0.1) is 0 Å². The third kappa shape index (κ3) is 4.10. The fourth-order valence-electron chi connectivity index (χ4n) is 1.90. The number of nitrogens with zero attached hydrogens (tertiary/aromatic N) is 3. The zero-order valence-electron chi connectivity index (χ0n) is 12.2. The van der Waals surface area contributed by atoms with E-state index in [9.17, 15) is 4.79 Å². The van der Waals surface area contributed by atoms with Crippen molar-refractivity contribution in [3.05, 3.63) is 67.3 Å². The first-order valence-electron chi connectivity index (χ1n) is 7.01. The van der Waals surface area contributed by atoms with E-state index in [1.807, 2.05) is 30.3 Å². The Morgan fingerprint density at radius 3 is 2.48 bits per heavy atom. The predicted octanol–water partition coefficient (Wildman–Crippen LogP) is 2.56. The Morgan fingerprint density at radius 2 is 1.78 bits per heavy atom. The number of carbonyl (C=O) groups excluding carboxylic acids is 1. The second kappa shape index (κ2) is 7.13. The molecule has 3 rings (SSSR count). The smallest absolute Gasteiger partial charge is 0.262 e. The first kappa shape index (κ1) is 14.6. The summed E-state index contributed by atoms with van der Waals surface area (Å²) >= 11 is 0. The summed E-state index contributed by atoms with van der Waals surface area (Å²) in [4.78, 5) is 24.3. The van der Waals surface area contributed by atoms with Crippen LogP contribution in [0.5, 0.6) is 5.75 Å². The number of para-hydroxylation sites is 1. The topological polar surface area (TPSA) is 77.0 Å². The Bertz CT molecular complexity index is 762. The maximum absolute atomic E-state index is 11.8. The molecular formula is C17H14N4O2. The van der Waals surface area contributed by atoms with Crippen LogP contribution >= 0.6 is 0 Å². The van der Waals surface area contributed by atoms with Crippen molar-refractivity contribution in [3.8, 4) is 17.1 Å². The molecule has 23 heavy (non-hydrogen) atoms. The Balaban J connectivity index is 1.57. The largest absolute Gasteiger partial charge is 0.484 e. The van der Waals surface area contributed by atoms with Crippen molar-refractivity contribution in [3.63, 3.8) is 0 Å². The van der Waals surface area contributed by atoms with Crippen molar-refractivity contribution >= 4 is 11.6 Å². The van der Waals surface area contributed by atoms with Gasteiger partial charge in [-0.15, -0.1) is 0 Å². The molecule has 0 saturated heterocycles. The number of ether oxygens (including phenoxy) is 1. The average Bonchev–Trinajstić information content (AvgIpc) is 2.62. The van der Waals surface area contributed by atoms with Crippen LogP contribution in [0.15, 0.2) is 67.3 Å². The van der Waals surface area contributed by atoms with E-state index in [0.717, 1.165) is 5.56 Å². The molecule has 1 amide bonds. The Labute approximate surface area is 133 Å². The molecular weight excluding hydrogens is 292 g/mol. The van der Waals surface area contributed by atoms with Crippen LogP contribution in [-0.4, -0.2) is 27.5 Å². The van der Waals surface area contributed by atoms with Crippen LogP contribution in [-0.2, 0) is 4.79 Å². The summed E-state index contributed by atoms with van der Waals surface area (Å²) in [6.45, 7) is -0.0750. The number of nitrogens with one attached hydrogen (secondary N) is 1. The minimum absolute atomic E-state index is 0.0750. The summed E-state index contributed by atoms with van der Waals surface area (Å²) < 4.78 is 5.37. The first-order valence-corrected chi connectivity index (χ1v) is 7.01. The molecule has 0 bridgehead atoms. The van der Waals surface area contributed by atoms with Crippen molar-refractivity contribution in [2.75, 3.05) is 11.9 Å². The van der Waals surface area contributed by atoms with Crippen LogP contribution in [0.2, 0.25) is 0 Å². The summed E-state index contributed by atoms with van der Waals surface area (Å²) in [7, 11) is 0. The molecule has 0 aliphatic heterocycles.